The van der Waals surface area contributed by atoms with E-state index in [2.05, 4.69) is 12.6 Å². The summed E-state index contributed by atoms with van der Waals surface area (Å²) in [5.74, 6) is -0.427. The van der Waals surface area contributed by atoms with Crippen molar-refractivity contribution in [2.75, 3.05) is 0 Å². The van der Waals surface area contributed by atoms with Crippen molar-refractivity contribution < 1.29 is 9.59 Å². The third kappa shape index (κ3) is 2.39. The van der Waals surface area contributed by atoms with Crippen LogP contribution in [0.3, 0.4) is 0 Å². The van der Waals surface area contributed by atoms with Crippen LogP contribution in [-0.4, -0.2) is 10.9 Å². The van der Waals surface area contributed by atoms with E-state index in [1.54, 1.807) is 6.92 Å². The van der Waals surface area contributed by atoms with E-state index in [1.165, 1.54) is 0 Å². The van der Waals surface area contributed by atoms with Gasteiger partial charge in [-0.05, 0) is 0 Å². The van der Waals surface area contributed by atoms with Crippen LogP contribution in [0.15, 0.2) is 0 Å². The molecule has 0 N–H and O–H groups in total. The number of hydrogen-bond acceptors (Lipinski definition) is 2. The fourth-order valence-corrected chi connectivity index (χ4v) is 0.309. The van der Waals surface area contributed by atoms with Crippen molar-refractivity contribution in [2.24, 2.45) is 0 Å². The van der Waals surface area contributed by atoms with Gasteiger partial charge in [-0.2, -0.15) is 0 Å². The smallest absolute Gasteiger partial charge is 0.251 e. The minimum absolute atomic E-state index is 0.252. The first-order valence-electron chi connectivity index (χ1n) is 1.94. The molecule has 0 amide bonds. The van der Waals surface area contributed by atoms with E-state index in [0.29, 0.717) is 0 Å². The van der Waals surface area contributed by atoms with Crippen molar-refractivity contribution in [3.63, 3.8) is 0 Å². The molecule has 40 valence electrons. The Balaban J connectivity index is 3.58. The molecular weight excluding hydrogens is 112 g/mol. The van der Waals surface area contributed by atoms with Gasteiger partial charge in [-0.1, -0.05) is 19.6 Å². The van der Waals surface area contributed by atoms with Gasteiger partial charge in [0, 0.05) is 6.42 Å². The highest BCUT2D eigenvalue weighted by Crippen LogP contribution is 1.85. The number of carbonyl (C=O) groups is 2. The van der Waals surface area contributed by atoms with Gasteiger partial charge in [-0.25, -0.2) is 0 Å². The molecule has 0 saturated heterocycles. The highest BCUT2D eigenvalue weighted by Gasteiger charge is 2.02. The number of ketones is 1. The van der Waals surface area contributed by atoms with Crippen LogP contribution in [-0.2, 0) is 9.59 Å². The Morgan fingerprint density at radius 1 is 1.57 bits per heavy atom. The molecule has 0 aromatic carbocycles. The fourth-order valence-electron chi connectivity index (χ4n) is 0.151. The van der Waals surface area contributed by atoms with Gasteiger partial charge in [0.15, 0.2) is 0 Å². The zero-order chi connectivity index (χ0) is 5.86. The Labute approximate surface area is 47.3 Å². The minimum atomic E-state index is -0.650. The highest BCUT2D eigenvalue weighted by molar-refractivity contribution is 7.98. The van der Waals surface area contributed by atoms with Crippen LogP contribution in [0.2, 0.25) is 0 Å². The zero-order valence-electron chi connectivity index (χ0n) is 3.97. The van der Waals surface area contributed by atoms with E-state index in [9.17, 15) is 9.59 Å². The van der Waals surface area contributed by atoms with Crippen LogP contribution in [0.25, 0.3) is 0 Å². The number of rotatable bonds is 2. The summed E-state index contributed by atoms with van der Waals surface area (Å²) < 4.78 is 0. The molecule has 0 fully saturated rings. The summed E-state index contributed by atoms with van der Waals surface area (Å²) in [6.07, 6.45) is 0.252. The van der Waals surface area contributed by atoms with Crippen LogP contribution in [0.5, 0.6) is 0 Å². The van der Waals surface area contributed by atoms with Crippen LogP contribution >= 0.6 is 12.6 Å². The lowest BCUT2D eigenvalue weighted by molar-refractivity contribution is -0.131. The second-order valence-electron chi connectivity index (χ2n) is 1.08. The number of carbonyl (C=O) groups excluding carboxylic acids is 2. The first kappa shape index (κ1) is 6.69. The van der Waals surface area contributed by atoms with Crippen molar-refractivity contribution >= 4 is 23.5 Å². The topological polar surface area (TPSA) is 34.1 Å². The van der Waals surface area contributed by atoms with Crippen molar-refractivity contribution in [1.82, 2.24) is 0 Å². The Hall–Kier alpha value is -0.310. The predicted octanol–water partition coefficient (Wildman–Crippen LogP) is 0.422. The van der Waals surface area contributed by atoms with Crippen molar-refractivity contribution in [2.45, 2.75) is 13.3 Å². The van der Waals surface area contributed by atoms with E-state index in [-0.39, 0.29) is 6.42 Å². The molecule has 0 spiro atoms. The molecule has 0 unspecified atom stereocenters. The Morgan fingerprint density at radius 3 is 2.00 bits per heavy atom. The Morgan fingerprint density at radius 2 is 2.00 bits per heavy atom. The predicted molar refractivity (Wildman–Crippen MR) is 29.3 cm³/mol. The van der Waals surface area contributed by atoms with Gasteiger partial charge in [0.25, 0.3) is 5.12 Å². The fraction of sp³-hybridized carbons (Fsp3) is 0.500. The molecule has 3 heteroatoms. The highest BCUT2D eigenvalue weighted by atomic mass is 32.1. The van der Waals surface area contributed by atoms with Gasteiger partial charge in [-0.15, -0.1) is 0 Å². The largest absolute Gasteiger partial charge is 0.290 e. The third-order valence-electron chi connectivity index (χ3n) is 0.560. The van der Waals surface area contributed by atoms with E-state index in [0.717, 1.165) is 0 Å². The van der Waals surface area contributed by atoms with Crippen LogP contribution in [0.4, 0.5) is 0 Å². The summed E-state index contributed by atoms with van der Waals surface area (Å²) in [7, 11) is 0. The van der Waals surface area contributed by atoms with E-state index >= 15 is 0 Å². The zero-order valence-corrected chi connectivity index (χ0v) is 4.87. The van der Waals surface area contributed by atoms with E-state index in [1.807, 2.05) is 0 Å². The average Bonchev–Trinajstić information content (AvgIpc) is 1.65. The lowest BCUT2D eigenvalue weighted by Crippen LogP contribution is -2.03. The van der Waals surface area contributed by atoms with Crippen molar-refractivity contribution in [1.29, 1.82) is 0 Å². The van der Waals surface area contributed by atoms with Crippen molar-refractivity contribution in [3.05, 3.63) is 0 Å². The van der Waals surface area contributed by atoms with Gasteiger partial charge in [0.1, 0.15) is 0 Å². The molecule has 0 rings (SSSR count). The molecule has 2 nitrogen and oxygen atoms in total. The molecule has 0 atom stereocenters. The molecule has 0 heterocycles. The molecule has 0 bridgehead atoms. The maximum atomic E-state index is 10.1. The van der Waals surface area contributed by atoms with Crippen molar-refractivity contribution in [3.8, 4) is 0 Å². The molecule has 7 heavy (non-hydrogen) atoms. The van der Waals surface area contributed by atoms with Gasteiger partial charge in [-0.3, -0.25) is 9.59 Å². The van der Waals surface area contributed by atoms with Gasteiger partial charge < -0.3 is 0 Å². The van der Waals surface area contributed by atoms with Crippen LogP contribution in [0.1, 0.15) is 13.3 Å². The second kappa shape index (κ2) is 2.80. The molecule has 0 aromatic rings. The van der Waals surface area contributed by atoms with Gasteiger partial charge in [0.2, 0.25) is 5.78 Å². The second-order valence-corrected chi connectivity index (χ2v) is 1.49. The maximum Gasteiger partial charge on any atom is 0.251 e. The Kier molecular flexibility index (Phi) is 2.67. The van der Waals surface area contributed by atoms with Gasteiger partial charge in [0.05, 0.1) is 0 Å². The number of thiol groups is 1. The molecule has 0 aliphatic rings. The molecule has 0 aliphatic heterocycles. The monoisotopic (exact) mass is 118 g/mol. The molecule has 0 saturated carbocycles. The normalized spacial score (nSPS) is 8.29. The SMILES string of the molecule is CCC(=O)C(=O)S. The standard InChI is InChI=1S/C4H6O2S/c1-2-3(5)4(6)7/h2H2,1H3,(H,6,7). The lowest BCUT2D eigenvalue weighted by atomic mass is 10.3. The lowest BCUT2D eigenvalue weighted by Gasteiger charge is -1.80. The summed E-state index contributed by atoms with van der Waals surface area (Å²) in [6.45, 7) is 1.62. The Bertz CT molecular complexity index is 97.9. The first-order valence-corrected chi connectivity index (χ1v) is 2.39. The molecule has 0 aliphatic carbocycles. The quantitative estimate of drug-likeness (QED) is 0.421. The van der Waals surface area contributed by atoms with Gasteiger partial charge >= 0.3 is 0 Å². The average molecular weight is 118 g/mol. The summed E-state index contributed by atoms with van der Waals surface area (Å²) in [5.41, 5.74) is 0. The van der Waals surface area contributed by atoms with Crippen LogP contribution in [0, 0.1) is 0 Å². The summed E-state index contributed by atoms with van der Waals surface area (Å²) >= 11 is 3.28. The number of Topliss-reactive ketones (excluding diaryl/α,β-unsaturated/α-hetero) is 1. The van der Waals surface area contributed by atoms with Crippen LogP contribution < -0.4 is 0 Å². The molecular formula is C4H6O2S. The molecule has 0 aromatic heterocycles. The minimum Gasteiger partial charge on any atom is -0.290 e. The first-order chi connectivity index (χ1) is 3.18. The van der Waals surface area contributed by atoms with E-state index < -0.39 is 10.9 Å². The summed E-state index contributed by atoms with van der Waals surface area (Å²) in [4.78, 5) is 20.0. The summed E-state index contributed by atoms with van der Waals surface area (Å²) in [5, 5.41) is -0.650. The summed E-state index contributed by atoms with van der Waals surface area (Å²) in [6, 6.07) is 0. The molecule has 0 radical (unpaired) electrons. The number of hydrogen-bond donors (Lipinski definition) is 1. The third-order valence-corrected chi connectivity index (χ3v) is 0.809. The maximum absolute atomic E-state index is 10.1. The van der Waals surface area contributed by atoms with E-state index in [4.69, 9.17) is 0 Å².